The molecule has 0 fully saturated rings. The van der Waals surface area contributed by atoms with Gasteiger partial charge in [-0.15, -0.1) is 0 Å². The molecule has 8 nitrogen and oxygen atoms in total. The number of hydrogen-bond donors (Lipinski definition) is 0. The van der Waals surface area contributed by atoms with Gasteiger partial charge in [-0.05, 0) is 85.5 Å². The number of benzene rings is 3. The Balaban J connectivity index is 1.57. The Bertz CT molecular complexity index is 1340. The SMILES string of the molecule is COc1cc(/C=C2\N=C(c3ccccc3Br)OC2=O)cc(Br)c1OCc1ccc([N+](=O)[O-])cc1. The molecule has 1 aliphatic heterocycles. The van der Waals surface area contributed by atoms with Gasteiger partial charge in [0.05, 0.1) is 22.1 Å². The first-order valence-electron chi connectivity index (χ1n) is 9.87. The van der Waals surface area contributed by atoms with E-state index in [0.29, 0.717) is 27.1 Å². The molecule has 0 bridgehead atoms. The van der Waals surface area contributed by atoms with Crippen LogP contribution in [0, 0.1) is 10.1 Å². The topological polar surface area (TPSA) is 100 Å². The van der Waals surface area contributed by atoms with E-state index in [1.807, 2.05) is 18.2 Å². The lowest BCUT2D eigenvalue weighted by Gasteiger charge is -2.13. The number of nitrogens with zero attached hydrogens (tertiary/aromatic N) is 2. The molecule has 0 N–H and O–H groups in total. The number of hydrogen-bond acceptors (Lipinski definition) is 7. The number of halogens is 2. The molecule has 0 saturated heterocycles. The van der Waals surface area contributed by atoms with Crippen molar-refractivity contribution in [2.75, 3.05) is 7.11 Å². The Labute approximate surface area is 211 Å². The van der Waals surface area contributed by atoms with Gasteiger partial charge in [0.1, 0.15) is 6.61 Å². The lowest BCUT2D eigenvalue weighted by atomic mass is 10.1. The van der Waals surface area contributed by atoms with Gasteiger partial charge < -0.3 is 14.2 Å². The summed E-state index contributed by atoms with van der Waals surface area (Å²) in [6.07, 6.45) is 1.60. The van der Waals surface area contributed by atoms with Crippen molar-refractivity contribution in [2.45, 2.75) is 6.61 Å². The van der Waals surface area contributed by atoms with Crippen LogP contribution in [0.2, 0.25) is 0 Å². The molecule has 172 valence electrons. The largest absolute Gasteiger partial charge is 0.493 e. The smallest absolute Gasteiger partial charge is 0.363 e. The van der Waals surface area contributed by atoms with Crippen LogP contribution in [0.4, 0.5) is 5.69 Å². The summed E-state index contributed by atoms with van der Waals surface area (Å²) in [6.45, 7) is 0.180. The molecule has 1 heterocycles. The third kappa shape index (κ3) is 5.18. The minimum absolute atomic E-state index is 0.00998. The van der Waals surface area contributed by atoms with E-state index in [-0.39, 0.29) is 23.9 Å². The predicted molar refractivity (Wildman–Crippen MR) is 133 cm³/mol. The van der Waals surface area contributed by atoms with Crippen LogP contribution in [-0.4, -0.2) is 23.9 Å². The minimum atomic E-state index is -0.556. The predicted octanol–water partition coefficient (Wildman–Crippen LogP) is 6.05. The first-order valence-corrected chi connectivity index (χ1v) is 11.5. The summed E-state index contributed by atoms with van der Waals surface area (Å²) in [4.78, 5) is 27.1. The molecule has 0 amide bonds. The second kappa shape index (κ2) is 10.2. The van der Waals surface area contributed by atoms with Crippen LogP contribution in [0.25, 0.3) is 6.08 Å². The summed E-state index contributed by atoms with van der Waals surface area (Å²) in [5.74, 6) is 0.552. The van der Waals surface area contributed by atoms with Crippen LogP contribution in [0.15, 0.2) is 80.3 Å². The van der Waals surface area contributed by atoms with Crippen LogP contribution in [0.3, 0.4) is 0 Å². The summed E-state index contributed by atoms with van der Waals surface area (Å²) < 4.78 is 18.1. The van der Waals surface area contributed by atoms with Gasteiger partial charge >= 0.3 is 5.97 Å². The molecule has 0 aromatic heterocycles. The highest BCUT2D eigenvalue weighted by Gasteiger charge is 2.25. The number of nitro groups is 1. The van der Waals surface area contributed by atoms with Crippen molar-refractivity contribution in [3.05, 3.63) is 102 Å². The van der Waals surface area contributed by atoms with Crippen LogP contribution in [0.5, 0.6) is 11.5 Å². The molecular weight excluding hydrogens is 572 g/mol. The van der Waals surface area contributed by atoms with E-state index in [1.165, 1.54) is 19.2 Å². The van der Waals surface area contributed by atoms with Gasteiger partial charge in [0.15, 0.2) is 17.2 Å². The zero-order valence-corrected chi connectivity index (χ0v) is 20.8. The first-order chi connectivity index (χ1) is 16.4. The molecule has 0 atom stereocenters. The number of methoxy groups -OCH3 is 1. The molecule has 3 aromatic carbocycles. The van der Waals surface area contributed by atoms with E-state index in [1.54, 1.807) is 36.4 Å². The fourth-order valence-corrected chi connectivity index (χ4v) is 4.18. The van der Waals surface area contributed by atoms with Crippen LogP contribution < -0.4 is 9.47 Å². The van der Waals surface area contributed by atoms with E-state index >= 15 is 0 Å². The molecule has 0 aliphatic carbocycles. The lowest BCUT2D eigenvalue weighted by molar-refractivity contribution is -0.384. The lowest BCUT2D eigenvalue weighted by Crippen LogP contribution is -2.05. The zero-order valence-electron chi connectivity index (χ0n) is 17.7. The van der Waals surface area contributed by atoms with E-state index in [0.717, 1.165) is 10.0 Å². The number of esters is 1. The second-order valence-corrected chi connectivity index (χ2v) is 8.77. The zero-order chi connectivity index (χ0) is 24.2. The van der Waals surface area contributed by atoms with E-state index in [9.17, 15) is 14.9 Å². The van der Waals surface area contributed by atoms with Crippen molar-refractivity contribution >= 4 is 55.5 Å². The highest BCUT2D eigenvalue weighted by atomic mass is 79.9. The molecule has 0 radical (unpaired) electrons. The van der Waals surface area contributed by atoms with Gasteiger partial charge in [0.2, 0.25) is 5.90 Å². The van der Waals surface area contributed by atoms with Crippen LogP contribution in [-0.2, 0) is 16.1 Å². The normalized spacial score (nSPS) is 14.0. The number of ether oxygens (including phenoxy) is 3. The Kier molecular flexibility index (Phi) is 7.09. The number of carbonyl (C=O) groups excluding carboxylic acids is 1. The molecule has 3 aromatic rings. The number of aliphatic imine (C=N–C) groups is 1. The number of non-ortho nitro benzene ring substituents is 1. The maximum absolute atomic E-state index is 12.4. The van der Waals surface area contributed by atoms with Crippen molar-refractivity contribution in [3.63, 3.8) is 0 Å². The maximum atomic E-state index is 12.4. The molecule has 10 heteroatoms. The molecule has 34 heavy (non-hydrogen) atoms. The average Bonchev–Trinajstić information content (AvgIpc) is 3.18. The number of cyclic esters (lactones) is 1. The third-order valence-corrected chi connectivity index (χ3v) is 6.09. The Morgan fingerprint density at radius 1 is 1.09 bits per heavy atom. The summed E-state index contributed by atoms with van der Waals surface area (Å²) in [7, 11) is 1.50. The summed E-state index contributed by atoms with van der Waals surface area (Å²) in [5, 5.41) is 10.8. The van der Waals surface area contributed by atoms with Gasteiger partial charge in [-0.2, -0.15) is 0 Å². The summed E-state index contributed by atoms with van der Waals surface area (Å²) >= 11 is 6.92. The van der Waals surface area contributed by atoms with Gasteiger partial charge in [-0.1, -0.05) is 12.1 Å². The van der Waals surface area contributed by atoms with E-state index in [2.05, 4.69) is 36.9 Å². The Hall–Kier alpha value is -3.50. The third-order valence-electron chi connectivity index (χ3n) is 4.81. The van der Waals surface area contributed by atoms with Crippen molar-refractivity contribution in [3.8, 4) is 11.5 Å². The van der Waals surface area contributed by atoms with Gasteiger partial charge in [0, 0.05) is 16.6 Å². The van der Waals surface area contributed by atoms with Crippen LogP contribution >= 0.6 is 31.9 Å². The van der Waals surface area contributed by atoms with Crippen molar-refractivity contribution in [1.82, 2.24) is 0 Å². The van der Waals surface area contributed by atoms with Crippen molar-refractivity contribution in [1.29, 1.82) is 0 Å². The molecule has 0 saturated carbocycles. The standard InChI is InChI=1S/C24H16Br2N2O6/c1-32-21-12-15(11-20-24(29)34-23(27-20)17-4-2-3-5-18(17)25)10-19(26)22(21)33-13-14-6-8-16(9-7-14)28(30)31/h2-12H,13H2,1H3/b20-11-. The quantitative estimate of drug-likeness (QED) is 0.144. The van der Waals surface area contributed by atoms with Crippen molar-refractivity contribution in [2.24, 2.45) is 4.99 Å². The van der Waals surface area contributed by atoms with E-state index < -0.39 is 10.9 Å². The molecule has 0 spiro atoms. The first kappa shape index (κ1) is 23.7. The Morgan fingerprint density at radius 3 is 2.50 bits per heavy atom. The molecule has 1 aliphatic rings. The number of nitro benzene ring substituents is 1. The summed E-state index contributed by atoms with van der Waals surface area (Å²) in [5.41, 5.74) is 2.24. The highest BCUT2D eigenvalue weighted by molar-refractivity contribution is 9.10. The fraction of sp³-hybridized carbons (Fsp3) is 0.0833. The van der Waals surface area contributed by atoms with Crippen LogP contribution in [0.1, 0.15) is 16.7 Å². The molecule has 0 unspecified atom stereocenters. The van der Waals surface area contributed by atoms with Gasteiger partial charge in [0.25, 0.3) is 5.69 Å². The average molecular weight is 588 g/mol. The Morgan fingerprint density at radius 2 is 1.82 bits per heavy atom. The van der Waals surface area contributed by atoms with Gasteiger partial charge in [-0.25, -0.2) is 9.79 Å². The van der Waals surface area contributed by atoms with E-state index in [4.69, 9.17) is 14.2 Å². The van der Waals surface area contributed by atoms with Gasteiger partial charge in [-0.3, -0.25) is 10.1 Å². The van der Waals surface area contributed by atoms with Crippen molar-refractivity contribution < 1.29 is 23.9 Å². The monoisotopic (exact) mass is 586 g/mol. The number of carbonyl (C=O) groups is 1. The molecular formula is C24H16Br2N2O6. The molecule has 4 rings (SSSR count). The minimum Gasteiger partial charge on any atom is -0.493 e. The number of rotatable bonds is 7. The highest BCUT2D eigenvalue weighted by Crippen LogP contribution is 2.38. The second-order valence-electron chi connectivity index (χ2n) is 7.06. The fourth-order valence-electron chi connectivity index (χ4n) is 3.15. The summed E-state index contributed by atoms with van der Waals surface area (Å²) in [6, 6.07) is 16.9. The maximum Gasteiger partial charge on any atom is 0.363 e.